The number of carboxylic acid groups (broad SMARTS) is 1. The number of hydrogen-bond acceptors (Lipinski definition) is 8. The summed E-state index contributed by atoms with van der Waals surface area (Å²) >= 11 is 0. The second kappa shape index (κ2) is 43.1. The zero-order valence-electron chi connectivity index (χ0n) is 37.2. The van der Waals surface area contributed by atoms with Crippen molar-refractivity contribution in [3.63, 3.8) is 0 Å². The Morgan fingerprint density at radius 2 is 0.807 bits per heavy atom. The van der Waals surface area contributed by atoms with Crippen LogP contribution in [0.3, 0.4) is 0 Å². The third-order valence-electron chi connectivity index (χ3n) is 10.9. The molecule has 0 radical (unpaired) electrons. The van der Waals surface area contributed by atoms with Crippen LogP contribution in [0, 0.1) is 0 Å². The van der Waals surface area contributed by atoms with Crippen LogP contribution >= 0.6 is 7.82 Å². The van der Waals surface area contributed by atoms with Crippen LogP contribution in [0.15, 0.2) is 0 Å². The molecule has 3 unspecified atom stereocenters. The highest BCUT2D eigenvalue weighted by Gasteiger charge is 2.27. The molecule has 0 spiro atoms. The fourth-order valence-electron chi connectivity index (χ4n) is 7.14. The molecule has 0 aromatic rings. The Balaban J connectivity index is 4.09. The fourth-order valence-corrected chi connectivity index (χ4v) is 7.91. The van der Waals surface area contributed by atoms with Crippen LogP contribution in [0.1, 0.15) is 245 Å². The van der Waals surface area contributed by atoms with Gasteiger partial charge in [-0.1, -0.05) is 226 Å². The van der Waals surface area contributed by atoms with E-state index >= 15 is 0 Å². The van der Waals surface area contributed by atoms with Gasteiger partial charge in [0.15, 0.2) is 0 Å². The summed E-state index contributed by atoms with van der Waals surface area (Å²) in [6, 6.07) is -1.47. The van der Waals surface area contributed by atoms with E-state index in [1.54, 1.807) is 0 Å². The number of rotatable bonds is 47. The van der Waals surface area contributed by atoms with E-state index in [4.69, 9.17) is 29.4 Å². The van der Waals surface area contributed by atoms with Gasteiger partial charge >= 0.3 is 19.8 Å². The number of esters is 1. The van der Waals surface area contributed by atoms with Crippen LogP contribution < -0.4 is 5.73 Å². The first-order chi connectivity index (χ1) is 27.7. The van der Waals surface area contributed by atoms with Crippen molar-refractivity contribution in [2.24, 2.45) is 5.73 Å². The lowest BCUT2D eigenvalue weighted by Crippen LogP contribution is -2.34. The maximum atomic E-state index is 12.7. The molecule has 57 heavy (non-hydrogen) atoms. The molecule has 0 rings (SSSR count). The van der Waals surface area contributed by atoms with E-state index in [1.165, 1.54) is 186 Å². The lowest BCUT2D eigenvalue weighted by atomic mass is 10.0. The molecule has 4 N–H and O–H groups in total. The minimum absolute atomic E-state index is 0.0259. The van der Waals surface area contributed by atoms with Crippen molar-refractivity contribution in [1.29, 1.82) is 0 Å². The van der Waals surface area contributed by atoms with Crippen molar-refractivity contribution in [2.45, 2.75) is 257 Å². The maximum Gasteiger partial charge on any atom is 0.472 e. The molecular formula is C46H92NO9P. The van der Waals surface area contributed by atoms with Crippen molar-refractivity contribution in [3.05, 3.63) is 0 Å². The summed E-state index contributed by atoms with van der Waals surface area (Å²) < 4.78 is 33.4. The molecule has 0 fully saturated rings. The van der Waals surface area contributed by atoms with Crippen LogP contribution in [0.25, 0.3) is 0 Å². The van der Waals surface area contributed by atoms with Crippen molar-refractivity contribution in [1.82, 2.24) is 0 Å². The number of aliphatic carboxylic acids is 1. The van der Waals surface area contributed by atoms with Crippen LogP contribution in [0.5, 0.6) is 0 Å². The topological polar surface area (TPSA) is 155 Å². The standard InChI is InChI=1S/C46H92NO9P/c1-3-5-7-9-11-13-15-17-19-20-21-22-23-24-25-26-28-30-32-34-36-38-45(48)56-43(41-54-57(51,52)55-42-44(47)46(49)50)40-53-39-37-35-33-31-29-27-18-16-14-12-10-8-6-4-2/h43-44H,3-42,47H2,1-2H3,(H,49,50)(H,51,52). The van der Waals surface area contributed by atoms with E-state index in [1.807, 2.05) is 0 Å². The van der Waals surface area contributed by atoms with Crippen LogP contribution in [-0.2, 0) is 32.7 Å². The van der Waals surface area contributed by atoms with E-state index in [9.17, 15) is 19.0 Å². The highest BCUT2D eigenvalue weighted by Crippen LogP contribution is 2.43. The van der Waals surface area contributed by atoms with Gasteiger partial charge in [-0.15, -0.1) is 0 Å². The molecule has 0 saturated carbocycles. The summed E-state index contributed by atoms with van der Waals surface area (Å²) in [5, 5.41) is 8.91. The first-order valence-electron chi connectivity index (χ1n) is 24.1. The number of phosphoric ester groups is 1. The minimum Gasteiger partial charge on any atom is -0.480 e. The number of carbonyl (C=O) groups is 2. The molecule has 10 nitrogen and oxygen atoms in total. The van der Waals surface area contributed by atoms with Gasteiger partial charge in [-0.25, -0.2) is 4.57 Å². The zero-order valence-corrected chi connectivity index (χ0v) is 38.1. The van der Waals surface area contributed by atoms with Crippen LogP contribution in [-0.4, -0.2) is 60.5 Å². The SMILES string of the molecule is CCCCCCCCCCCCCCCCCCCCCCCC(=O)OC(COCCCCCCCCCCCCCCCC)COP(=O)(O)OCC(N)C(=O)O. The van der Waals surface area contributed by atoms with Gasteiger partial charge in [0.1, 0.15) is 12.1 Å². The van der Waals surface area contributed by atoms with Crippen molar-refractivity contribution in [3.8, 4) is 0 Å². The van der Waals surface area contributed by atoms with Gasteiger partial charge in [0.2, 0.25) is 0 Å². The number of carbonyl (C=O) groups excluding carboxylic acids is 1. The van der Waals surface area contributed by atoms with Gasteiger partial charge in [0.25, 0.3) is 0 Å². The van der Waals surface area contributed by atoms with E-state index in [0.717, 1.165) is 38.5 Å². The molecule has 0 aliphatic carbocycles. The smallest absolute Gasteiger partial charge is 0.472 e. The summed E-state index contributed by atoms with van der Waals surface area (Å²) in [6.07, 6.45) is 44.4. The van der Waals surface area contributed by atoms with Gasteiger partial charge in [-0.2, -0.15) is 0 Å². The summed E-state index contributed by atoms with van der Waals surface area (Å²) in [6.45, 7) is 3.94. The molecule has 0 bridgehead atoms. The predicted octanol–water partition coefficient (Wildman–Crippen LogP) is 13.5. The number of carboxylic acids is 1. The molecule has 0 aliphatic rings. The summed E-state index contributed by atoms with van der Waals surface area (Å²) in [5.41, 5.74) is 5.36. The van der Waals surface area contributed by atoms with Crippen molar-refractivity contribution >= 4 is 19.8 Å². The molecule has 0 amide bonds. The normalized spacial score (nSPS) is 13.8. The summed E-state index contributed by atoms with van der Waals surface area (Å²) in [5.74, 6) is -1.76. The predicted molar refractivity (Wildman–Crippen MR) is 236 cm³/mol. The molecule has 0 aliphatic heterocycles. The average molecular weight is 834 g/mol. The molecule has 0 aromatic carbocycles. The highest BCUT2D eigenvalue weighted by atomic mass is 31.2. The lowest BCUT2D eigenvalue weighted by molar-refractivity contribution is -0.154. The van der Waals surface area contributed by atoms with E-state index in [2.05, 4.69) is 13.8 Å². The summed E-state index contributed by atoms with van der Waals surface area (Å²) in [7, 11) is -4.61. The first-order valence-corrected chi connectivity index (χ1v) is 25.6. The first kappa shape index (κ1) is 56.0. The number of nitrogens with two attached hydrogens (primary N) is 1. The van der Waals surface area contributed by atoms with Gasteiger partial charge in [0.05, 0.1) is 19.8 Å². The Bertz CT molecular complexity index is 924. The number of ether oxygens (including phenoxy) is 2. The minimum atomic E-state index is -4.61. The molecule has 0 heterocycles. The van der Waals surface area contributed by atoms with Crippen molar-refractivity contribution < 1.29 is 42.7 Å². The third kappa shape index (κ3) is 42.9. The quantitative estimate of drug-likeness (QED) is 0.0306. The Kier molecular flexibility index (Phi) is 42.3. The Morgan fingerprint density at radius 1 is 0.491 bits per heavy atom. The molecule has 11 heteroatoms. The lowest BCUT2D eigenvalue weighted by Gasteiger charge is -2.20. The molecular weight excluding hydrogens is 741 g/mol. The van der Waals surface area contributed by atoms with Gasteiger partial charge in [0, 0.05) is 13.0 Å². The van der Waals surface area contributed by atoms with Gasteiger partial charge in [-0.3, -0.25) is 18.6 Å². The number of unbranched alkanes of at least 4 members (excludes halogenated alkanes) is 33. The number of phosphoric acid groups is 1. The molecule has 340 valence electrons. The largest absolute Gasteiger partial charge is 0.480 e. The second-order valence-corrected chi connectivity index (χ2v) is 18.1. The summed E-state index contributed by atoms with van der Waals surface area (Å²) in [4.78, 5) is 33.6. The second-order valence-electron chi connectivity index (χ2n) is 16.6. The fraction of sp³-hybridized carbons (Fsp3) is 0.957. The Labute approximate surface area is 350 Å². The molecule has 0 saturated heterocycles. The van der Waals surface area contributed by atoms with Gasteiger partial charge in [-0.05, 0) is 12.8 Å². The van der Waals surface area contributed by atoms with E-state index in [0.29, 0.717) is 6.61 Å². The van der Waals surface area contributed by atoms with Crippen LogP contribution in [0.2, 0.25) is 0 Å². The van der Waals surface area contributed by atoms with E-state index in [-0.39, 0.29) is 13.0 Å². The zero-order chi connectivity index (χ0) is 41.9. The Hall–Kier alpha value is -1.03. The average Bonchev–Trinajstić information content (AvgIpc) is 3.19. The molecule has 0 aromatic heterocycles. The van der Waals surface area contributed by atoms with E-state index < -0.39 is 45.1 Å². The van der Waals surface area contributed by atoms with Crippen LogP contribution in [0.4, 0.5) is 0 Å². The number of hydrogen-bond donors (Lipinski definition) is 3. The molecule has 3 atom stereocenters. The van der Waals surface area contributed by atoms with Gasteiger partial charge < -0.3 is 25.2 Å². The Morgan fingerprint density at radius 3 is 1.16 bits per heavy atom. The highest BCUT2D eigenvalue weighted by molar-refractivity contribution is 7.47. The monoisotopic (exact) mass is 834 g/mol. The van der Waals surface area contributed by atoms with Crippen molar-refractivity contribution in [2.75, 3.05) is 26.4 Å². The maximum absolute atomic E-state index is 12.7. The third-order valence-corrected chi connectivity index (χ3v) is 11.8.